The monoisotopic (exact) mass is 214 g/mol. The van der Waals surface area contributed by atoms with E-state index in [1.165, 1.54) is 0 Å². The zero-order chi connectivity index (χ0) is 11.3. The van der Waals surface area contributed by atoms with Crippen LogP contribution in [0.15, 0.2) is 24.3 Å². The molecule has 5 nitrogen and oxygen atoms in total. The van der Waals surface area contributed by atoms with Crippen molar-refractivity contribution in [1.29, 1.82) is 0 Å². The van der Waals surface area contributed by atoms with Crippen molar-refractivity contribution in [1.82, 2.24) is 14.6 Å². The lowest BCUT2D eigenvalue weighted by Crippen LogP contribution is -2.12. The molecule has 0 unspecified atom stereocenters. The quantitative estimate of drug-likeness (QED) is 0.639. The molecule has 3 rings (SSSR count). The minimum atomic E-state index is -0.445. The lowest BCUT2D eigenvalue weighted by molar-refractivity contribution is 0.100. The summed E-state index contributed by atoms with van der Waals surface area (Å²) < 4.78 is 1.78. The van der Waals surface area contributed by atoms with Crippen molar-refractivity contribution in [2.45, 2.75) is 6.92 Å². The number of hydrogen-bond acceptors (Lipinski definition) is 2. The Kier molecular flexibility index (Phi) is 1.60. The Hall–Kier alpha value is -2.30. The molecular weight excluding hydrogens is 204 g/mol. The first kappa shape index (κ1) is 8.96. The van der Waals surface area contributed by atoms with E-state index in [1.54, 1.807) is 16.6 Å². The van der Waals surface area contributed by atoms with E-state index in [1.807, 2.05) is 19.1 Å². The Morgan fingerprint density at radius 3 is 3.06 bits per heavy atom. The number of rotatable bonds is 1. The number of nitrogens with one attached hydrogen (secondary N) is 1. The van der Waals surface area contributed by atoms with Gasteiger partial charge < -0.3 is 5.73 Å². The van der Waals surface area contributed by atoms with E-state index in [2.05, 4.69) is 10.1 Å². The first-order chi connectivity index (χ1) is 7.66. The maximum absolute atomic E-state index is 11.3. The van der Waals surface area contributed by atoms with E-state index in [0.29, 0.717) is 5.56 Å². The lowest BCUT2D eigenvalue weighted by Gasteiger charge is -1.98. The van der Waals surface area contributed by atoms with Gasteiger partial charge in [0, 0.05) is 11.8 Å². The zero-order valence-corrected chi connectivity index (χ0v) is 8.69. The Labute approximate surface area is 90.9 Å². The number of nitrogens with two attached hydrogens (primary N) is 1. The Bertz CT molecular complexity index is 707. The van der Waals surface area contributed by atoms with Crippen LogP contribution in [0.3, 0.4) is 0 Å². The van der Waals surface area contributed by atoms with Crippen LogP contribution in [0.5, 0.6) is 0 Å². The third kappa shape index (κ3) is 1.05. The Morgan fingerprint density at radius 1 is 1.50 bits per heavy atom. The SMILES string of the molecule is Cc1cc2nc3cccc(C(N)=O)c3n2[nH]1. The highest BCUT2D eigenvalue weighted by atomic mass is 16.1. The molecule has 2 aromatic heterocycles. The van der Waals surface area contributed by atoms with Crippen LogP contribution in [0.1, 0.15) is 16.1 Å². The zero-order valence-electron chi connectivity index (χ0n) is 8.69. The van der Waals surface area contributed by atoms with Crippen LogP contribution in [0.2, 0.25) is 0 Å². The van der Waals surface area contributed by atoms with Gasteiger partial charge in [0.05, 0.1) is 11.1 Å². The molecular formula is C11H10N4O. The molecule has 3 N–H and O–H groups in total. The molecule has 0 aliphatic heterocycles. The van der Waals surface area contributed by atoms with Gasteiger partial charge in [0.15, 0.2) is 5.65 Å². The van der Waals surface area contributed by atoms with E-state index in [0.717, 1.165) is 22.4 Å². The van der Waals surface area contributed by atoms with Crippen LogP contribution in [-0.4, -0.2) is 20.5 Å². The molecule has 80 valence electrons. The van der Waals surface area contributed by atoms with Crippen LogP contribution in [0, 0.1) is 6.92 Å². The third-order valence-corrected chi connectivity index (χ3v) is 2.60. The van der Waals surface area contributed by atoms with Crippen LogP contribution in [-0.2, 0) is 0 Å². The summed E-state index contributed by atoms with van der Waals surface area (Å²) in [5, 5.41) is 3.12. The Balaban J connectivity index is 2.55. The number of benzene rings is 1. The minimum absolute atomic E-state index is 0.445. The van der Waals surface area contributed by atoms with Gasteiger partial charge in [0.1, 0.15) is 5.52 Å². The van der Waals surface area contributed by atoms with Crippen LogP contribution in [0.25, 0.3) is 16.7 Å². The fraction of sp³-hybridized carbons (Fsp3) is 0.0909. The van der Waals surface area contributed by atoms with Crippen molar-refractivity contribution in [2.75, 3.05) is 0 Å². The van der Waals surface area contributed by atoms with Gasteiger partial charge in [0.25, 0.3) is 5.91 Å². The predicted octanol–water partition coefficient (Wildman–Crippen LogP) is 1.22. The second-order valence-electron chi connectivity index (χ2n) is 3.78. The van der Waals surface area contributed by atoms with Gasteiger partial charge in [-0.3, -0.25) is 9.89 Å². The van der Waals surface area contributed by atoms with Crippen molar-refractivity contribution in [3.05, 3.63) is 35.5 Å². The molecule has 16 heavy (non-hydrogen) atoms. The summed E-state index contributed by atoms with van der Waals surface area (Å²) in [6.07, 6.45) is 0. The molecule has 1 aromatic carbocycles. The van der Waals surface area contributed by atoms with Gasteiger partial charge in [-0.25, -0.2) is 9.50 Å². The van der Waals surface area contributed by atoms with Crippen molar-refractivity contribution < 1.29 is 4.79 Å². The molecule has 1 amide bonds. The molecule has 0 spiro atoms. The lowest BCUT2D eigenvalue weighted by atomic mass is 10.2. The molecule has 0 atom stereocenters. The highest BCUT2D eigenvalue weighted by Crippen LogP contribution is 2.20. The first-order valence-corrected chi connectivity index (χ1v) is 4.93. The van der Waals surface area contributed by atoms with Crippen LogP contribution >= 0.6 is 0 Å². The second kappa shape index (κ2) is 2.85. The highest BCUT2D eigenvalue weighted by Gasteiger charge is 2.13. The van der Waals surface area contributed by atoms with Gasteiger partial charge >= 0.3 is 0 Å². The van der Waals surface area contributed by atoms with E-state index in [-0.39, 0.29) is 0 Å². The molecule has 0 bridgehead atoms. The summed E-state index contributed by atoms with van der Waals surface area (Å²) in [6, 6.07) is 7.26. The fourth-order valence-corrected chi connectivity index (χ4v) is 1.96. The van der Waals surface area contributed by atoms with E-state index >= 15 is 0 Å². The Morgan fingerprint density at radius 2 is 2.31 bits per heavy atom. The third-order valence-electron chi connectivity index (χ3n) is 2.60. The molecule has 2 heterocycles. The molecule has 0 saturated heterocycles. The predicted molar refractivity (Wildman–Crippen MR) is 60.3 cm³/mol. The number of imidazole rings is 1. The minimum Gasteiger partial charge on any atom is -0.366 e. The molecule has 0 aliphatic carbocycles. The van der Waals surface area contributed by atoms with Crippen molar-refractivity contribution in [3.8, 4) is 0 Å². The number of carbonyl (C=O) groups is 1. The number of para-hydroxylation sites is 1. The number of aryl methyl sites for hydroxylation is 1. The first-order valence-electron chi connectivity index (χ1n) is 4.93. The van der Waals surface area contributed by atoms with E-state index in [4.69, 9.17) is 5.73 Å². The molecule has 0 radical (unpaired) electrons. The smallest absolute Gasteiger partial charge is 0.250 e. The number of primary amides is 1. The number of nitrogens with zero attached hydrogens (tertiary/aromatic N) is 2. The van der Waals surface area contributed by atoms with E-state index < -0.39 is 5.91 Å². The normalized spacial score (nSPS) is 11.3. The van der Waals surface area contributed by atoms with Crippen molar-refractivity contribution in [2.24, 2.45) is 5.73 Å². The summed E-state index contributed by atoms with van der Waals surface area (Å²) in [5.41, 5.74) is 9.10. The number of fused-ring (bicyclic) bond motifs is 3. The number of aromatic amines is 1. The van der Waals surface area contributed by atoms with Crippen LogP contribution < -0.4 is 5.73 Å². The number of carbonyl (C=O) groups excluding carboxylic acids is 1. The van der Waals surface area contributed by atoms with Gasteiger partial charge in [-0.1, -0.05) is 6.07 Å². The highest BCUT2D eigenvalue weighted by molar-refractivity contribution is 6.05. The van der Waals surface area contributed by atoms with Gasteiger partial charge in [-0.15, -0.1) is 0 Å². The van der Waals surface area contributed by atoms with Crippen molar-refractivity contribution >= 4 is 22.6 Å². The van der Waals surface area contributed by atoms with Gasteiger partial charge in [-0.05, 0) is 19.1 Å². The summed E-state index contributed by atoms with van der Waals surface area (Å²) in [6.45, 7) is 1.94. The summed E-state index contributed by atoms with van der Waals surface area (Å²) in [7, 11) is 0. The molecule has 0 fully saturated rings. The maximum atomic E-state index is 11.3. The number of hydrogen-bond donors (Lipinski definition) is 2. The summed E-state index contributed by atoms with van der Waals surface area (Å²) >= 11 is 0. The molecule has 5 heteroatoms. The molecule has 0 aliphatic rings. The standard InChI is InChI=1S/C11H10N4O/c1-6-5-9-13-8-4-2-3-7(11(12)16)10(8)15(9)14-6/h2-5,14H,1H3,(H2,12,16). The second-order valence-corrected chi connectivity index (χ2v) is 3.78. The molecule has 0 saturated carbocycles. The molecule has 3 aromatic rings. The van der Waals surface area contributed by atoms with Crippen LogP contribution in [0.4, 0.5) is 0 Å². The fourth-order valence-electron chi connectivity index (χ4n) is 1.96. The largest absolute Gasteiger partial charge is 0.366 e. The van der Waals surface area contributed by atoms with E-state index in [9.17, 15) is 4.79 Å². The topological polar surface area (TPSA) is 76.2 Å². The maximum Gasteiger partial charge on any atom is 0.250 e. The summed E-state index contributed by atoms with van der Waals surface area (Å²) in [5.74, 6) is -0.445. The average Bonchev–Trinajstić information content (AvgIpc) is 2.72. The van der Waals surface area contributed by atoms with Gasteiger partial charge in [-0.2, -0.15) is 0 Å². The van der Waals surface area contributed by atoms with Crippen molar-refractivity contribution in [3.63, 3.8) is 0 Å². The van der Waals surface area contributed by atoms with Gasteiger partial charge in [0.2, 0.25) is 0 Å². The number of H-pyrrole nitrogens is 1. The number of amides is 1. The summed E-state index contributed by atoms with van der Waals surface area (Å²) in [4.78, 5) is 15.7. The number of aromatic nitrogens is 3. The average molecular weight is 214 g/mol.